The van der Waals surface area contributed by atoms with Gasteiger partial charge in [0, 0.05) is 14.1 Å². The molecule has 0 radical (unpaired) electrons. The largest absolute Gasteiger partial charge is 0.497 e. The Balaban J connectivity index is 3.10. The van der Waals surface area contributed by atoms with Crippen molar-refractivity contribution in [3.63, 3.8) is 0 Å². The number of nitrogens with zero attached hydrogens (tertiary/aromatic N) is 1. The highest BCUT2D eigenvalue weighted by Gasteiger charge is 2.16. The van der Waals surface area contributed by atoms with Crippen LogP contribution in [0.4, 0.5) is 0 Å². The van der Waals surface area contributed by atoms with Gasteiger partial charge in [-0.05, 0) is 30.4 Å². The third-order valence-corrected chi connectivity index (χ3v) is 2.60. The third-order valence-electron chi connectivity index (χ3n) is 2.15. The van der Waals surface area contributed by atoms with Crippen LogP contribution >= 0.6 is 12.2 Å². The molecule has 0 bridgehead atoms. The molecule has 0 aromatic heterocycles. The fourth-order valence-corrected chi connectivity index (χ4v) is 1.27. The standard InChI is InChI=1S/C12H15NO4S/c1-13(2)12(18)17-10-6-5-8(15-3)7-9(10)11(14)16-4/h5-7H,1-4H3. The number of hydrogen-bond acceptors (Lipinski definition) is 5. The summed E-state index contributed by atoms with van der Waals surface area (Å²) in [6, 6.07) is 4.83. The van der Waals surface area contributed by atoms with E-state index < -0.39 is 5.97 Å². The lowest BCUT2D eigenvalue weighted by molar-refractivity contribution is 0.0598. The van der Waals surface area contributed by atoms with Crippen LogP contribution in [0.2, 0.25) is 0 Å². The Morgan fingerprint density at radius 3 is 2.44 bits per heavy atom. The second-order valence-corrected chi connectivity index (χ2v) is 3.97. The molecule has 18 heavy (non-hydrogen) atoms. The molecule has 0 amide bonds. The molecule has 5 nitrogen and oxygen atoms in total. The van der Waals surface area contributed by atoms with Crippen molar-refractivity contribution in [3.8, 4) is 11.5 Å². The lowest BCUT2D eigenvalue weighted by atomic mass is 10.2. The minimum absolute atomic E-state index is 0.255. The number of ether oxygens (including phenoxy) is 3. The normalized spacial score (nSPS) is 9.56. The molecule has 6 heteroatoms. The van der Waals surface area contributed by atoms with Crippen molar-refractivity contribution in [3.05, 3.63) is 23.8 Å². The minimum atomic E-state index is -0.509. The first-order chi connectivity index (χ1) is 8.49. The Kier molecular flexibility index (Phi) is 4.91. The summed E-state index contributed by atoms with van der Waals surface area (Å²) >= 11 is 5.02. The quantitative estimate of drug-likeness (QED) is 0.615. The summed E-state index contributed by atoms with van der Waals surface area (Å²) in [6.45, 7) is 0. The van der Waals surface area contributed by atoms with Crippen LogP contribution in [0.15, 0.2) is 18.2 Å². The van der Waals surface area contributed by atoms with Crippen molar-refractivity contribution in [1.82, 2.24) is 4.90 Å². The molecule has 1 aromatic carbocycles. The van der Waals surface area contributed by atoms with Crippen LogP contribution in [0, 0.1) is 0 Å². The van der Waals surface area contributed by atoms with Gasteiger partial charge in [-0.15, -0.1) is 0 Å². The first-order valence-corrected chi connectivity index (χ1v) is 5.56. The van der Waals surface area contributed by atoms with Crippen molar-refractivity contribution in [1.29, 1.82) is 0 Å². The molecule has 1 rings (SSSR count). The number of benzene rings is 1. The van der Waals surface area contributed by atoms with Crippen LogP contribution < -0.4 is 9.47 Å². The Hall–Kier alpha value is -1.82. The van der Waals surface area contributed by atoms with E-state index in [1.165, 1.54) is 14.2 Å². The third kappa shape index (κ3) is 3.33. The van der Waals surface area contributed by atoms with Gasteiger partial charge >= 0.3 is 5.97 Å². The van der Waals surface area contributed by atoms with Gasteiger partial charge in [0.15, 0.2) is 0 Å². The molecule has 0 fully saturated rings. The van der Waals surface area contributed by atoms with Crippen LogP contribution in [0.5, 0.6) is 11.5 Å². The first-order valence-electron chi connectivity index (χ1n) is 5.15. The molecule has 0 N–H and O–H groups in total. The van der Waals surface area contributed by atoms with Crippen molar-refractivity contribution >= 4 is 23.4 Å². The zero-order valence-corrected chi connectivity index (χ0v) is 11.5. The predicted molar refractivity (Wildman–Crippen MR) is 71.2 cm³/mol. The number of hydrogen-bond donors (Lipinski definition) is 0. The van der Waals surface area contributed by atoms with Crippen LogP contribution in [0.3, 0.4) is 0 Å². The van der Waals surface area contributed by atoms with E-state index in [2.05, 4.69) is 4.74 Å². The fraction of sp³-hybridized carbons (Fsp3) is 0.333. The van der Waals surface area contributed by atoms with Crippen LogP contribution in [0.25, 0.3) is 0 Å². The molecule has 98 valence electrons. The Bertz CT molecular complexity index is 459. The second kappa shape index (κ2) is 6.20. The molecule has 0 atom stereocenters. The average molecular weight is 269 g/mol. The molecule has 1 aromatic rings. The highest BCUT2D eigenvalue weighted by Crippen LogP contribution is 2.25. The minimum Gasteiger partial charge on any atom is -0.497 e. The van der Waals surface area contributed by atoms with E-state index >= 15 is 0 Å². The molecule has 0 aliphatic rings. The average Bonchev–Trinajstić information content (AvgIpc) is 2.38. The highest BCUT2D eigenvalue weighted by molar-refractivity contribution is 7.80. The fourth-order valence-electron chi connectivity index (χ4n) is 1.18. The Labute approximate surface area is 111 Å². The van der Waals surface area contributed by atoms with E-state index in [1.54, 1.807) is 37.2 Å². The summed E-state index contributed by atoms with van der Waals surface area (Å²) < 4.78 is 15.2. The van der Waals surface area contributed by atoms with E-state index in [-0.39, 0.29) is 10.7 Å². The van der Waals surface area contributed by atoms with Crippen molar-refractivity contribution in [2.45, 2.75) is 0 Å². The van der Waals surface area contributed by atoms with E-state index in [0.717, 1.165) is 0 Å². The van der Waals surface area contributed by atoms with Gasteiger partial charge in [-0.3, -0.25) is 0 Å². The monoisotopic (exact) mass is 269 g/mol. The zero-order chi connectivity index (χ0) is 13.7. The van der Waals surface area contributed by atoms with E-state index in [4.69, 9.17) is 21.7 Å². The summed E-state index contributed by atoms with van der Waals surface area (Å²) in [5, 5.41) is 0.255. The number of thiocarbonyl (C=S) groups is 1. The van der Waals surface area contributed by atoms with Crippen molar-refractivity contribution in [2.24, 2.45) is 0 Å². The van der Waals surface area contributed by atoms with Gasteiger partial charge in [0.25, 0.3) is 5.17 Å². The number of carbonyl (C=O) groups is 1. The van der Waals surface area contributed by atoms with Gasteiger partial charge in [0.1, 0.15) is 17.1 Å². The molecule has 0 saturated carbocycles. The maximum absolute atomic E-state index is 11.6. The molecule has 0 aliphatic heterocycles. The summed E-state index contributed by atoms with van der Waals surface area (Å²) in [5.41, 5.74) is 0.265. The molecule has 0 unspecified atom stereocenters. The van der Waals surface area contributed by atoms with Crippen molar-refractivity contribution in [2.75, 3.05) is 28.3 Å². The van der Waals surface area contributed by atoms with Crippen molar-refractivity contribution < 1.29 is 19.0 Å². The van der Waals surface area contributed by atoms with Crippen LogP contribution in [-0.2, 0) is 4.74 Å². The van der Waals surface area contributed by atoms with Gasteiger partial charge in [0.2, 0.25) is 0 Å². The van der Waals surface area contributed by atoms with Gasteiger partial charge in [-0.2, -0.15) is 0 Å². The lowest BCUT2D eigenvalue weighted by Crippen LogP contribution is -2.25. The molecule has 0 heterocycles. The molecular formula is C12H15NO4S. The molecule has 0 spiro atoms. The predicted octanol–water partition coefficient (Wildman–Crippen LogP) is 1.71. The second-order valence-electron chi connectivity index (χ2n) is 3.62. The van der Waals surface area contributed by atoms with Gasteiger partial charge < -0.3 is 19.1 Å². The molecular weight excluding hydrogens is 254 g/mol. The smallest absolute Gasteiger partial charge is 0.341 e. The topological polar surface area (TPSA) is 48.0 Å². The van der Waals surface area contributed by atoms with Crippen LogP contribution in [0.1, 0.15) is 10.4 Å². The Morgan fingerprint density at radius 1 is 1.28 bits per heavy atom. The van der Waals surface area contributed by atoms with Gasteiger partial charge in [-0.1, -0.05) is 0 Å². The maximum Gasteiger partial charge on any atom is 0.341 e. The molecule has 0 aliphatic carbocycles. The number of esters is 1. The highest BCUT2D eigenvalue weighted by atomic mass is 32.1. The zero-order valence-electron chi connectivity index (χ0n) is 10.7. The number of methoxy groups -OCH3 is 2. The summed E-state index contributed by atoms with van der Waals surface area (Å²) in [5.74, 6) is 0.366. The summed E-state index contributed by atoms with van der Waals surface area (Å²) in [6.07, 6.45) is 0. The summed E-state index contributed by atoms with van der Waals surface area (Å²) in [4.78, 5) is 13.3. The maximum atomic E-state index is 11.6. The number of carbonyl (C=O) groups excluding carboxylic acids is 1. The van der Waals surface area contributed by atoms with E-state index in [9.17, 15) is 4.79 Å². The number of rotatable bonds is 3. The SMILES string of the molecule is COC(=O)c1cc(OC)ccc1OC(=S)N(C)C. The lowest BCUT2D eigenvalue weighted by Gasteiger charge is -2.16. The van der Waals surface area contributed by atoms with Gasteiger partial charge in [0.05, 0.1) is 14.2 Å². The summed E-state index contributed by atoms with van der Waals surface area (Å²) in [7, 11) is 6.32. The van der Waals surface area contributed by atoms with E-state index in [1.807, 2.05) is 0 Å². The first kappa shape index (κ1) is 14.2. The van der Waals surface area contributed by atoms with Gasteiger partial charge in [-0.25, -0.2) is 4.79 Å². The Morgan fingerprint density at radius 2 is 1.94 bits per heavy atom. The van der Waals surface area contributed by atoms with E-state index in [0.29, 0.717) is 11.5 Å². The van der Waals surface area contributed by atoms with Crippen LogP contribution in [-0.4, -0.2) is 44.4 Å². The molecule has 0 saturated heterocycles.